The molecule has 2 heterocycles. The molecule has 4 aromatic rings. The normalized spacial score (nSPS) is 14.4. The predicted octanol–water partition coefficient (Wildman–Crippen LogP) is 5.33. The Morgan fingerprint density at radius 1 is 1.08 bits per heavy atom. The second kappa shape index (κ2) is 9.16. The van der Waals surface area contributed by atoms with Crippen molar-refractivity contribution in [2.75, 3.05) is 20.7 Å². The number of aromatic nitrogens is 1. The number of fused-ring (bicyclic) bond motifs is 5. The first-order valence-electron chi connectivity index (χ1n) is 12.4. The number of benzene rings is 3. The van der Waals surface area contributed by atoms with Crippen molar-refractivity contribution in [3.8, 4) is 5.75 Å². The second-order valence-corrected chi connectivity index (χ2v) is 10.1. The van der Waals surface area contributed by atoms with E-state index in [-0.39, 0.29) is 12.4 Å². The van der Waals surface area contributed by atoms with Gasteiger partial charge in [0.05, 0.1) is 10.9 Å². The number of hydrogen-bond donors (Lipinski definition) is 0. The summed E-state index contributed by atoms with van der Waals surface area (Å²) in [6, 6.07) is 17.5. The summed E-state index contributed by atoms with van der Waals surface area (Å²) in [6.07, 6.45) is 0. The summed E-state index contributed by atoms with van der Waals surface area (Å²) in [4.78, 5) is 33.1. The number of hydrogen-bond acceptors (Lipinski definition) is 6. The number of ketones is 1. The zero-order valence-corrected chi connectivity index (χ0v) is 22.1. The highest BCUT2D eigenvalue weighted by molar-refractivity contribution is 6.20. The molecule has 7 heteroatoms. The van der Waals surface area contributed by atoms with Gasteiger partial charge in [0.25, 0.3) is 0 Å². The lowest BCUT2D eigenvalue weighted by molar-refractivity contribution is -0.154. The summed E-state index contributed by atoms with van der Waals surface area (Å²) in [6.45, 7) is 8.58. The highest BCUT2D eigenvalue weighted by Gasteiger charge is 2.33. The maximum atomic E-state index is 13.4. The Balaban J connectivity index is 1.61. The number of aryl methyl sites for hydroxylation is 2. The Labute approximate surface area is 216 Å². The van der Waals surface area contributed by atoms with Gasteiger partial charge in [-0.2, -0.15) is 0 Å². The number of carbonyl (C=O) groups is 2. The average molecular weight is 498 g/mol. The third-order valence-corrected chi connectivity index (χ3v) is 7.47. The molecule has 0 saturated heterocycles. The van der Waals surface area contributed by atoms with Crippen LogP contribution in [0.1, 0.15) is 47.8 Å². The molecule has 1 aromatic heterocycles. The summed E-state index contributed by atoms with van der Waals surface area (Å²) in [7, 11) is 3.64. The van der Waals surface area contributed by atoms with E-state index in [0.29, 0.717) is 22.6 Å². The number of ether oxygens (including phenoxy) is 1. The largest absolute Gasteiger partial charge is 0.486 e. The van der Waals surface area contributed by atoms with Gasteiger partial charge in [0.15, 0.2) is 5.78 Å². The fraction of sp³-hybridized carbons (Fsp3) is 0.300. The van der Waals surface area contributed by atoms with Crippen LogP contribution >= 0.6 is 0 Å². The molecule has 0 bridgehead atoms. The van der Waals surface area contributed by atoms with Crippen LogP contribution in [0.4, 0.5) is 0 Å². The highest BCUT2D eigenvalue weighted by Crippen LogP contribution is 2.41. The maximum Gasteiger partial charge on any atom is 0.354 e. The molecule has 37 heavy (non-hydrogen) atoms. The molecule has 1 aliphatic rings. The Morgan fingerprint density at radius 3 is 2.51 bits per heavy atom. The van der Waals surface area contributed by atoms with Gasteiger partial charge in [-0.15, -0.1) is 0 Å². The SMILES string of the molecule is CCn1c2ccc(C(=O)c3ccccc3C)cc2c2c3c(ccc21)/C(=N/OC(=O)C(C)(C)N(C)C)CO3. The summed E-state index contributed by atoms with van der Waals surface area (Å²) in [5, 5.41) is 6.05. The van der Waals surface area contributed by atoms with Crippen LogP contribution in [0.25, 0.3) is 21.8 Å². The molecule has 3 aromatic carbocycles. The Morgan fingerprint density at radius 2 is 1.81 bits per heavy atom. The molecule has 5 rings (SSSR count). The van der Waals surface area contributed by atoms with Crippen molar-refractivity contribution in [1.29, 1.82) is 0 Å². The van der Waals surface area contributed by atoms with Gasteiger partial charge in [-0.05, 0) is 77.7 Å². The van der Waals surface area contributed by atoms with Crippen molar-refractivity contribution < 1.29 is 19.2 Å². The number of oxime groups is 1. The van der Waals surface area contributed by atoms with E-state index < -0.39 is 11.5 Å². The van der Waals surface area contributed by atoms with Crippen LogP contribution in [0.2, 0.25) is 0 Å². The first-order chi connectivity index (χ1) is 17.6. The van der Waals surface area contributed by atoms with Gasteiger partial charge in [0, 0.05) is 34.1 Å². The third kappa shape index (κ3) is 4.00. The summed E-state index contributed by atoms with van der Waals surface area (Å²) in [5.41, 5.74) is 4.84. The van der Waals surface area contributed by atoms with Crippen LogP contribution in [-0.4, -0.2) is 53.2 Å². The molecule has 0 aliphatic carbocycles. The van der Waals surface area contributed by atoms with Crippen molar-refractivity contribution >= 4 is 39.3 Å². The van der Waals surface area contributed by atoms with E-state index >= 15 is 0 Å². The van der Waals surface area contributed by atoms with Crippen LogP contribution in [0.5, 0.6) is 5.75 Å². The van der Waals surface area contributed by atoms with Gasteiger partial charge >= 0.3 is 5.97 Å². The molecule has 0 amide bonds. The van der Waals surface area contributed by atoms with Crippen molar-refractivity contribution in [3.63, 3.8) is 0 Å². The van der Waals surface area contributed by atoms with Crippen LogP contribution in [0, 0.1) is 6.92 Å². The van der Waals surface area contributed by atoms with Gasteiger partial charge in [-0.1, -0.05) is 29.4 Å². The smallest absolute Gasteiger partial charge is 0.354 e. The minimum atomic E-state index is -0.815. The van der Waals surface area contributed by atoms with Crippen LogP contribution in [0.15, 0.2) is 59.8 Å². The minimum Gasteiger partial charge on any atom is -0.486 e. The molecule has 0 N–H and O–H groups in total. The van der Waals surface area contributed by atoms with E-state index in [4.69, 9.17) is 9.57 Å². The van der Waals surface area contributed by atoms with Gasteiger partial charge < -0.3 is 14.1 Å². The quantitative estimate of drug-likeness (QED) is 0.204. The average Bonchev–Trinajstić information content (AvgIpc) is 3.44. The fourth-order valence-corrected chi connectivity index (χ4v) is 4.69. The van der Waals surface area contributed by atoms with E-state index in [9.17, 15) is 9.59 Å². The highest BCUT2D eigenvalue weighted by atomic mass is 16.7. The lowest BCUT2D eigenvalue weighted by Crippen LogP contribution is -2.46. The standard InChI is InChI=1S/C30H31N3O4/c1-7-33-24-14-12-19(27(34)20-11-9-8-10-18(20)2)16-22(24)26-25(33)15-13-21-23(17-36-28(21)26)31-37-29(35)30(3,4)32(5)6/h8-16H,7,17H2,1-6H3/b31-23+. The van der Waals surface area contributed by atoms with Gasteiger partial charge in [0.1, 0.15) is 23.6 Å². The van der Waals surface area contributed by atoms with Crippen LogP contribution in [0.3, 0.4) is 0 Å². The Kier molecular flexibility index (Phi) is 6.12. The second-order valence-electron chi connectivity index (χ2n) is 10.1. The van der Waals surface area contributed by atoms with Gasteiger partial charge in [-0.25, -0.2) is 4.79 Å². The lowest BCUT2D eigenvalue weighted by Gasteiger charge is -2.28. The van der Waals surface area contributed by atoms with Crippen molar-refractivity contribution in [2.24, 2.45) is 5.16 Å². The molecule has 0 saturated carbocycles. The number of carbonyl (C=O) groups excluding carboxylic acids is 2. The number of nitrogens with zero attached hydrogens (tertiary/aromatic N) is 3. The monoisotopic (exact) mass is 497 g/mol. The molecular weight excluding hydrogens is 466 g/mol. The zero-order chi connectivity index (χ0) is 26.5. The minimum absolute atomic E-state index is 0.0106. The van der Waals surface area contributed by atoms with E-state index in [1.807, 2.05) is 75.6 Å². The number of rotatable bonds is 6. The molecule has 0 atom stereocenters. The van der Waals surface area contributed by atoms with E-state index in [1.54, 1.807) is 18.7 Å². The summed E-state index contributed by atoms with van der Waals surface area (Å²) < 4.78 is 8.34. The zero-order valence-electron chi connectivity index (χ0n) is 22.1. The van der Waals surface area contributed by atoms with E-state index in [0.717, 1.165) is 39.5 Å². The lowest BCUT2D eigenvalue weighted by atomic mass is 9.97. The molecule has 0 radical (unpaired) electrons. The molecule has 1 aliphatic heterocycles. The topological polar surface area (TPSA) is 73.1 Å². The van der Waals surface area contributed by atoms with Crippen LogP contribution in [-0.2, 0) is 16.2 Å². The molecular formula is C30H31N3O4. The van der Waals surface area contributed by atoms with E-state index in [1.165, 1.54) is 0 Å². The number of likely N-dealkylation sites (N-methyl/N-ethyl adjacent to an activating group) is 1. The molecule has 0 fully saturated rings. The molecule has 0 spiro atoms. The van der Waals surface area contributed by atoms with Gasteiger partial charge in [-0.3, -0.25) is 9.69 Å². The van der Waals surface area contributed by atoms with Crippen molar-refractivity contribution in [3.05, 3.63) is 76.9 Å². The van der Waals surface area contributed by atoms with Crippen molar-refractivity contribution in [1.82, 2.24) is 9.47 Å². The first kappa shape index (κ1) is 24.7. The van der Waals surface area contributed by atoms with Crippen molar-refractivity contribution in [2.45, 2.75) is 39.8 Å². The molecule has 0 unspecified atom stereocenters. The van der Waals surface area contributed by atoms with Crippen LogP contribution < -0.4 is 4.74 Å². The Bertz CT molecular complexity index is 1590. The van der Waals surface area contributed by atoms with Gasteiger partial charge in [0.2, 0.25) is 0 Å². The third-order valence-electron chi connectivity index (χ3n) is 7.47. The summed E-state index contributed by atoms with van der Waals surface area (Å²) >= 11 is 0. The Hall–Kier alpha value is -3.97. The molecule has 190 valence electrons. The first-order valence-corrected chi connectivity index (χ1v) is 12.4. The predicted molar refractivity (Wildman–Crippen MR) is 146 cm³/mol. The maximum absolute atomic E-state index is 13.4. The summed E-state index contributed by atoms with van der Waals surface area (Å²) in [5.74, 6) is 0.238. The fourth-order valence-electron chi connectivity index (χ4n) is 4.69. The molecule has 7 nitrogen and oxygen atoms in total. The van der Waals surface area contributed by atoms with E-state index in [2.05, 4.69) is 16.6 Å².